The third-order valence-corrected chi connectivity index (χ3v) is 2.60. The molecule has 2 amide bonds. The lowest BCUT2D eigenvalue weighted by Gasteiger charge is -2.16. The molecule has 0 atom stereocenters. The molecular formula is C15H22N2O5. The Morgan fingerprint density at radius 1 is 1.23 bits per heavy atom. The van der Waals surface area contributed by atoms with Crippen molar-refractivity contribution in [1.29, 1.82) is 0 Å². The zero-order chi connectivity index (χ0) is 16.5. The Morgan fingerprint density at radius 2 is 1.95 bits per heavy atom. The summed E-state index contributed by atoms with van der Waals surface area (Å²) in [6.07, 6.45) is -0.0684. The fourth-order valence-electron chi connectivity index (χ4n) is 1.66. The summed E-state index contributed by atoms with van der Waals surface area (Å²) in [6, 6.07) is 4.31. The zero-order valence-electron chi connectivity index (χ0n) is 13.3. The Labute approximate surface area is 129 Å². The highest BCUT2D eigenvalue weighted by Crippen LogP contribution is 2.27. The van der Waals surface area contributed by atoms with Crippen LogP contribution in [0.25, 0.3) is 0 Å². The van der Waals surface area contributed by atoms with Gasteiger partial charge in [0, 0.05) is 13.7 Å². The largest absolute Gasteiger partial charge is 0.489 e. The van der Waals surface area contributed by atoms with Crippen LogP contribution in [0.5, 0.6) is 5.75 Å². The predicted molar refractivity (Wildman–Crippen MR) is 82.4 cm³/mol. The number of esters is 1. The standard InChI is InChI=1S/C15H22N2O5/c1-10(2)22-13-6-5-11(14(18)21-4)9-12(13)17-15(19)16-7-8-20-3/h5-6,9-10H,7-8H2,1-4H3,(H2,16,17,19). The van der Waals surface area contributed by atoms with Gasteiger partial charge in [0.05, 0.1) is 31.1 Å². The van der Waals surface area contributed by atoms with Crippen LogP contribution in [0.15, 0.2) is 18.2 Å². The van der Waals surface area contributed by atoms with Crippen molar-refractivity contribution < 1.29 is 23.8 Å². The average Bonchev–Trinajstić information content (AvgIpc) is 2.48. The summed E-state index contributed by atoms with van der Waals surface area (Å²) in [5.74, 6) is -0.0107. The van der Waals surface area contributed by atoms with Crippen LogP contribution < -0.4 is 15.4 Å². The fourth-order valence-corrected chi connectivity index (χ4v) is 1.66. The van der Waals surface area contributed by atoms with E-state index in [4.69, 9.17) is 9.47 Å². The molecule has 1 aromatic carbocycles. The minimum atomic E-state index is -0.487. The summed E-state index contributed by atoms with van der Waals surface area (Å²) in [5, 5.41) is 5.28. The third kappa shape index (κ3) is 5.61. The first-order valence-corrected chi connectivity index (χ1v) is 6.90. The molecule has 1 rings (SSSR count). The quantitative estimate of drug-likeness (QED) is 0.594. The van der Waals surface area contributed by atoms with E-state index < -0.39 is 12.0 Å². The molecule has 0 aliphatic rings. The maximum Gasteiger partial charge on any atom is 0.337 e. The number of amides is 2. The van der Waals surface area contributed by atoms with E-state index in [1.165, 1.54) is 13.2 Å². The van der Waals surface area contributed by atoms with Gasteiger partial charge in [0.2, 0.25) is 0 Å². The topological polar surface area (TPSA) is 85.9 Å². The molecule has 122 valence electrons. The molecule has 0 fully saturated rings. The molecule has 0 aromatic heterocycles. The fraction of sp³-hybridized carbons (Fsp3) is 0.467. The summed E-state index contributed by atoms with van der Waals surface area (Å²) in [7, 11) is 2.85. The summed E-state index contributed by atoms with van der Waals surface area (Å²) in [4.78, 5) is 23.4. The van der Waals surface area contributed by atoms with E-state index >= 15 is 0 Å². The lowest BCUT2D eigenvalue weighted by atomic mass is 10.2. The summed E-state index contributed by atoms with van der Waals surface area (Å²) in [6.45, 7) is 4.53. The second kappa shape index (κ2) is 8.89. The summed E-state index contributed by atoms with van der Waals surface area (Å²) in [5.41, 5.74) is 0.720. The highest BCUT2D eigenvalue weighted by atomic mass is 16.5. The molecule has 0 heterocycles. The Bertz CT molecular complexity index is 517. The van der Waals surface area contributed by atoms with Gasteiger partial charge >= 0.3 is 12.0 Å². The minimum absolute atomic E-state index is 0.0684. The molecule has 1 aromatic rings. The van der Waals surface area contributed by atoms with E-state index in [1.54, 1.807) is 19.2 Å². The van der Waals surface area contributed by atoms with E-state index in [2.05, 4.69) is 15.4 Å². The maximum atomic E-state index is 11.8. The number of rotatable bonds is 7. The van der Waals surface area contributed by atoms with E-state index in [-0.39, 0.29) is 6.10 Å². The van der Waals surface area contributed by atoms with Crippen molar-refractivity contribution in [3.05, 3.63) is 23.8 Å². The first kappa shape index (κ1) is 17.8. The van der Waals surface area contributed by atoms with E-state index in [0.29, 0.717) is 30.2 Å². The minimum Gasteiger partial charge on any atom is -0.489 e. The molecule has 2 N–H and O–H groups in total. The summed E-state index contributed by atoms with van der Waals surface area (Å²) >= 11 is 0. The molecule has 22 heavy (non-hydrogen) atoms. The van der Waals surface area contributed by atoms with Crippen molar-refractivity contribution in [2.75, 3.05) is 32.7 Å². The Hall–Kier alpha value is -2.28. The van der Waals surface area contributed by atoms with Crippen LogP contribution in [0.3, 0.4) is 0 Å². The van der Waals surface area contributed by atoms with Crippen molar-refractivity contribution in [3.63, 3.8) is 0 Å². The lowest BCUT2D eigenvalue weighted by Crippen LogP contribution is -2.31. The molecule has 0 bridgehead atoms. The van der Waals surface area contributed by atoms with Crippen LogP contribution in [0.4, 0.5) is 10.5 Å². The first-order valence-electron chi connectivity index (χ1n) is 6.90. The number of benzene rings is 1. The van der Waals surface area contributed by atoms with Crippen molar-refractivity contribution in [1.82, 2.24) is 5.32 Å². The van der Waals surface area contributed by atoms with Gasteiger partial charge in [-0.25, -0.2) is 9.59 Å². The second-order valence-corrected chi connectivity index (χ2v) is 4.74. The molecule has 0 spiro atoms. The van der Waals surface area contributed by atoms with Gasteiger partial charge in [-0.1, -0.05) is 0 Å². The van der Waals surface area contributed by atoms with E-state index in [0.717, 1.165) is 0 Å². The van der Waals surface area contributed by atoms with Crippen molar-refractivity contribution in [2.24, 2.45) is 0 Å². The highest BCUT2D eigenvalue weighted by Gasteiger charge is 2.13. The average molecular weight is 310 g/mol. The normalized spacial score (nSPS) is 10.2. The number of anilines is 1. The second-order valence-electron chi connectivity index (χ2n) is 4.74. The Morgan fingerprint density at radius 3 is 2.55 bits per heavy atom. The molecule has 0 aliphatic carbocycles. The van der Waals surface area contributed by atoms with Crippen LogP contribution >= 0.6 is 0 Å². The smallest absolute Gasteiger partial charge is 0.337 e. The molecular weight excluding hydrogens is 288 g/mol. The number of carbonyl (C=O) groups excluding carboxylic acids is 2. The number of carbonyl (C=O) groups is 2. The maximum absolute atomic E-state index is 11.8. The van der Waals surface area contributed by atoms with Crippen molar-refractivity contribution in [3.8, 4) is 5.75 Å². The molecule has 0 unspecified atom stereocenters. The third-order valence-electron chi connectivity index (χ3n) is 2.60. The van der Waals surface area contributed by atoms with Gasteiger partial charge in [0.15, 0.2) is 0 Å². The highest BCUT2D eigenvalue weighted by molar-refractivity contribution is 5.95. The first-order chi connectivity index (χ1) is 10.5. The van der Waals surface area contributed by atoms with Crippen molar-refractivity contribution in [2.45, 2.75) is 20.0 Å². The van der Waals surface area contributed by atoms with E-state index in [1.807, 2.05) is 13.8 Å². The molecule has 0 aliphatic heterocycles. The number of ether oxygens (including phenoxy) is 3. The summed E-state index contributed by atoms with van der Waals surface area (Å²) < 4.78 is 15.1. The Kier molecular flexibility index (Phi) is 7.18. The van der Waals surface area contributed by atoms with E-state index in [9.17, 15) is 9.59 Å². The Balaban J connectivity index is 2.90. The van der Waals surface area contributed by atoms with Crippen LogP contribution in [0, 0.1) is 0 Å². The molecule has 7 heteroatoms. The van der Waals surface area contributed by atoms with Gasteiger partial charge in [-0.2, -0.15) is 0 Å². The van der Waals surface area contributed by atoms with Gasteiger partial charge in [0.25, 0.3) is 0 Å². The number of methoxy groups -OCH3 is 2. The number of urea groups is 1. The van der Waals surface area contributed by atoms with Gasteiger partial charge in [0.1, 0.15) is 5.75 Å². The van der Waals surface area contributed by atoms with Gasteiger partial charge in [-0.3, -0.25) is 0 Å². The number of hydrogen-bond donors (Lipinski definition) is 2. The zero-order valence-corrected chi connectivity index (χ0v) is 13.3. The van der Waals surface area contributed by atoms with Gasteiger partial charge < -0.3 is 24.8 Å². The van der Waals surface area contributed by atoms with Crippen LogP contribution in [0.1, 0.15) is 24.2 Å². The van der Waals surface area contributed by atoms with Crippen molar-refractivity contribution >= 4 is 17.7 Å². The molecule has 0 saturated carbocycles. The molecule has 0 saturated heterocycles. The lowest BCUT2D eigenvalue weighted by molar-refractivity contribution is 0.0600. The monoisotopic (exact) mass is 310 g/mol. The predicted octanol–water partition coefficient (Wildman–Crippen LogP) is 2.03. The SMILES string of the molecule is COCCNC(=O)Nc1cc(C(=O)OC)ccc1OC(C)C. The van der Waals surface area contributed by atoms with Crippen LogP contribution in [0.2, 0.25) is 0 Å². The molecule has 0 radical (unpaired) electrons. The van der Waals surface area contributed by atoms with Gasteiger partial charge in [-0.05, 0) is 32.0 Å². The molecule has 7 nitrogen and oxygen atoms in total. The van der Waals surface area contributed by atoms with Gasteiger partial charge in [-0.15, -0.1) is 0 Å². The number of hydrogen-bond acceptors (Lipinski definition) is 5. The van der Waals surface area contributed by atoms with Crippen LogP contribution in [-0.4, -0.2) is 45.5 Å². The number of nitrogens with one attached hydrogen (secondary N) is 2. The van der Waals surface area contributed by atoms with Crippen LogP contribution in [-0.2, 0) is 9.47 Å².